The van der Waals surface area contributed by atoms with Crippen molar-refractivity contribution in [1.82, 2.24) is 15.1 Å². The van der Waals surface area contributed by atoms with Gasteiger partial charge < -0.3 is 10.3 Å². The number of nitrogen functional groups attached to an aromatic ring is 1. The van der Waals surface area contributed by atoms with Crippen molar-refractivity contribution in [2.24, 2.45) is 0 Å². The van der Waals surface area contributed by atoms with Crippen LogP contribution in [-0.4, -0.2) is 15.1 Å². The van der Waals surface area contributed by atoms with Crippen LogP contribution in [-0.2, 0) is 6.42 Å². The van der Waals surface area contributed by atoms with Crippen LogP contribution in [0.5, 0.6) is 0 Å². The molecular weight excluding hydrogens is 332 g/mol. The molecule has 0 bridgehead atoms. The number of hydrogen-bond acceptors (Lipinski definition) is 5. The van der Waals surface area contributed by atoms with E-state index in [1.165, 1.54) is 0 Å². The lowest BCUT2D eigenvalue weighted by Crippen LogP contribution is -1.90. The molecule has 2 aromatic heterocycles. The third kappa shape index (κ3) is 2.80. The highest BCUT2D eigenvalue weighted by molar-refractivity contribution is 9.10. The van der Waals surface area contributed by atoms with E-state index in [-0.39, 0.29) is 0 Å². The molecule has 2 N–H and O–H groups in total. The molecule has 0 saturated carbocycles. The van der Waals surface area contributed by atoms with Gasteiger partial charge >= 0.3 is 0 Å². The lowest BCUT2D eigenvalue weighted by molar-refractivity contribution is 0.432. The number of rotatable bonds is 3. The molecule has 106 valence electrons. The molecule has 0 atom stereocenters. The van der Waals surface area contributed by atoms with Crippen LogP contribution in [0.1, 0.15) is 12.5 Å². The standard InChI is InChI=1S/C15H13BrN4O/c1-2-9-8-18-4-3-13(9)14-19-15(21-20-14)10-5-11(16)7-12(17)6-10/h3-8H,2,17H2,1H3. The minimum absolute atomic E-state index is 0.442. The molecule has 5 nitrogen and oxygen atoms in total. The van der Waals surface area contributed by atoms with Gasteiger partial charge in [0, 0.05) is 33.7 Å². The van der Waals surface area contributed by atoms with Gasteiger partial charge in [-0.25, -0.2) is 0 Å². The number of hydrogen-bond donors (Lipinski definition) is 1. The zero-order valence-electron chi connectivity index (χ0n) is 11.4. The lowest BCUT2D eigenvalue weighted by Gasteiger charge is -2.01. The van der Waals surface area contributed by atoms with E-state index in [1.807, 2.05) is 24.4 Å². The smallest absolute Gasteiger partial charge is 0.258 e. The molecule has 1 aromatic carbocycles. The molecule has 0 amide bonds. The van der Waals surface area contributed by atoms with E-state index in [2.05, 4.69) is 38.0 Å². The van der Waals surface area contributed by atoms with Crippen molar-refractivity contribution < 1.29 is 4.52 Å². The van der Waals surface area contributed by atoms with E-state index < -0.39 is 0 Å². The number of halogens is 1. The molecule has 0 aliphatic rings. The topological polar surface area (TPSA) is 77.8 Å². The molecule has 6 heteroatoms. The summed E-state index contributed by atoms with van der Waals surface area (Å²) < 4.78 is 6.23. The van der Waals surface area contributed by atoms with Gasteiger partial charge in [0.05, 0.1) is 0 Å². The number of anilines is 1. The van der Waals surface area contributed by atoms with Crippen LogP contribution in [0.3, 0.4) is 0 Å². The molecule has 3 aromatic rings. The zero-order valence-corrected chi connectivity index (χ0v) is 13.0. The summed E-state index contributed by atoms with van der Waals surface area (Å²) >= 11 is 3.41. The fraction of sp³-hybridized carbons (Fsp3) is 0.133. The van der Waals surface area contributed by atoms with Crippen LogP contribution in [0.4, 0.5) is 5.69 Å². The third-order valence-electron chi connectivity index (χ3n) is 3.12. The molecule has 0 saturated heterocycles. The van der Waals surface area contributed by atoms with E-state index in [1.54, 1.807) is 12.3 Å². The predicted molar refractivity (Wildman–Crippen MR) is 84.5 cm³/mol. The lowest BCUT2D eigenvalue weighted by atomic mass is 10.1. The molecule has 0 radical (unpaired) electrons. The van der Waals surface area contributed by atoms with Crippen molar-refractivity contribution in [3.05, 3.63) is 46.7 Å². The fourth-order valence-electron chi connectivity index (χ4n) is 2.11. The second-order valence-corrected chi connectivity index (χ2v) is 5.50. The highest BCUT2D eigenvalue weighted by atomic mass is 79.9. The number of pyridine rings is 1. The average Bonchev–Trinajstić information content (AvgIpc) is 2.96. The van der Waals surface area contributed by atoms with Gasteiger partial charge in [-0.3, -0.25) is 4.98 Å². The highest BCUT2D eigenvalue weighted by Crippen LogP contribution is 2.28. The first-order chi connectivity index (χ1) is 10.2. The number of nitrogens with two attached hydrogens (primary N) is 1. The van der Waals surface area contributed by atoms with Gasteiger partial charge in [-0.1, -0.05) is 28.0 Å². The summed E-state index contributed by atoms with van der Waals surface area (Å²) in [5, 5.41) is 4.06. The SMILES string of the molecule is CCc1cnccc1-c1noc(-c2cc(N)cc(Br)c2)n1. The highest BCUT2D eigenvalue weighted by Gasteiger charge is 2.13. The maximum Gasteiger partial charge on any atom is 0.258 e. The van der Waals surface area contributed by atoms with Crippen LogP contribution >= 0.6 is 15.9 Å². The summed E-state index contributed by atoms with van der Waals surface area (Å²) in [7, 11) is 0. The van der Waals surface area contributed by atoms with Crippen molar-refractivity contribution in [1.29, 1.82) is 0 Å². The Morgan fingerprint density at radius 3 is 2.90 bits per heavy atom. The van der Waals surface area contributed by atoms with Crippen molar-refractivity contribution in [2.75, 3.05) is 5.73 Å². The van der Waals surface area contributed by atoms with E-state index in [0.29, 0.717) is 17.4 Å². The monoisotopic (exact) mass is 344 g/mol. The van der Waals surface area contributed by atoms with Gasteiger partial charge in [0.2, 0.25) is 5.82 Å². The minimum atomic E-state index is 0.442. The first-order valence-electron chi connectivity index (χ1n) is 6.50. The Hall–Kier alpha value is -2.21. The maximum atomic E-state index is 5.83. The van der Waals surface area contributed by atoms with Crippen LogP contribution in [0.25, 0.3) is 22.8 Å². The Morgan fingerprint density at radius 1 is 1.29 bits per heavy atom. The van der Waals surface area contributed by atoms with Crippen LogP contribution in [0.2, 0.25) is 0 Å². The van der Waals surface area contributed by atoms with Gasteiger partial charge in [-0.05, 0) is 36.2 Å². The first-order valence-corrected chi connectivity index (χ1v) is 7.30. The summed E-state index contributed by atoms with van der Waals surface area (Å²) in [6.45, 7) is 2.07. The minimum Gasteiger partial charge on any atom is -0.399 e. The second kappa shape index (κ2) is 5.65. The Labute approximate surface area is 130 Å². The molecule has 21 heavy (non-hydrogen) atoms. The maximum absolute atomic E-state index is 5.83. The van der Waals surface area contributed by atoms with Gasteiger partial charge in [-0.15, -0.1) is 0 Å². The number of nitrogens with zero attached hydrogens (tertiary/aromatic N) is 3. The zero-order chi connectivity index (χ0) is 14.8. The molecule has 0 fully saturated rings. The summed E-state index contributed by atoms with van der Waals surface area (Å²) in [5.41, 5.74) is 9.27. The molecule has 3 rings (SSSR count). The Kier molecular flexibility index (Phi) is 3.70. The molecule has 0 aliphatic carbocycles. The fourth-order valence-corrected chi connectivity index (χ4v) is 2.62. The number of aromatic nitrogens is 3. The van der Waals surface area contributed by atoms with Crippen molar-refractivity contribution >= 4 is 21.6 Å². The summed E-state index contributed by atoms with van der Waals surface area (Å²) in [6.07, 6.45) is 4.40. The summed E-state index contributed by atoms with van der Waals surface area (Å²) in [4.78, 5) is 8.58. The van der Waals surface area contributed by atoms with E-state index in [4.69, 9.17) is 10.3 Å². The van der Waals surface area contributed by atoms with Gasteiger partial charge in [0.1, 0.15) is 0 Å². The Bertz CT molecular complexity index is 765. The van der Waals surface area contributed by atoms with Crippen molar-refractivity contribution in [3.63, 3.8) is 0 Å². The Morgan fingerprint density at radius 2 is 2.14 bits per heavy atom. The van der Waals surface area contributed by atoms with Crippen molar-refractivity contribution in [2.45, 2.75) is 13.3 Å². The van der Waals surface area contributed by atoms with Gasteiger partial charge in [0.15, 0.2) is 0 Å². The second-order valence-electron chi connectivity index (χ2n) is 4.58. The van der Waals surface area contributed by atoms with E-state index in [9.17, 15) is 0 Å². The van der Waals surface area contributed by atoms with Crippen LogP contribution in [0.15, 0.2) is 45.7 Å². The van der Waals surface area contributed by atoms with Crippen molar-refractivity contribution in [3.8, 4) is 22.8 Å². The summed E-state index contributed by atoms with van der Waals surface area (Å²) in [5.74, 6) is 1.000. The average molecular weight is 345 g/mol. The van der Waals surface area contributed by atoms with E-state index in [0.717, 1.165) is 27.6 Å². The molecular formula is C15H13BrN4O. The van der Waals surface area contributed by atoms with Crippen LogP contribution in [0, 0.1) is 0 Å². The normalized spacial score (nSPS) is 10.8. The molecule has 0 unspecified atom stereocenters. The largest absolute Gasteiger partial charge is 0.399 e. The van der Waals surface area contributed by atoms with Crippen LogP contribution < -0.4 is 5.73 Å². The molecule has 0 spiro atoms. The van der Waals surface area contributed by atoms with Gasteiger partial charge in [0.25, 0.3) is 5.89 Å². The van der Waals surface area contributed by atoms with Gasteiger partial charge in [-0.2, -0.15) is 4.98 Å². The molecule has 0 aliphatic heterocycles. The third-order valence-corrected chi connectivity index (χ3v) is 3.58. The summed E-state index contributed by atoms with van der Waals surface area (Å²) in [6, 6.07) is 7.40. The number of benzene rings is 1. The number of aryl methyl sites for hydroxylation is 1. The quantitative estimate of drug-likeness (QED) is 0.732. The molecule has 2 heterocycles. The van der Waals surface area contributed by atoms with E-state index >= 15 is 0 Å². The first kappa shape index (κ1) is 13.8. The predicted octanol–water partition coefficient (Wildman–Crippen LogP) is 3.71. The Balaban J connectivity index is 2.04.